The highest BCUT2D eigenvalue weighted by Gasteiger charge is 2.35. The molecule has 1 saturated heterocycles. The van der Waals surface area contributed by atoms with Gasteiger partial charge in [0.2, 0.25) is 10.0 Å². The largest absolute Gasteiger partial charge is 0.378 e. The molecule has 1 aromatic carbocycles. The van der Waals surface area contributed by atoms with Crippen LogP contribution in [0, 0.1) is 5.92 Å². The second-order valence-electron chi connectivity index (χ2n) is 10.6. The summed E-state index contributed by atoms with van der Waals surface area (Å²) in [5.74, 6) is 0.251. The first-order chi connectivity index (χ1) is 17.7. The van der Waals surface area contributed by atoms with Crippen molar-refractivity contribution in [3.05, 3.63) is 48.2 Å². The SMILES string of the molecule is Cn1cnc(C(=O)N2CC[C@H](NS(C)(=O)=O)[C@H](COC3CCC(c4ccc5c(cnn5C)c4)CC3)C2)c1. The number of imidazole rings is 1. The molecule has 10 nitrogen and oxygen atoms in total. The number of nitrogens with one attached hydrogen (secondary N) is 1. The molecule has 37 heavy (non-hydrogen) atoms. The minimum absolute atomic E-state index is 0.123. The topological polar surface area (TPSA) is 111 Å². The van der Waals surface area contributed by atoms with Crippen molar-refractivity contribution in [2.75, 3.05) is 26.0 Å². The molecule has 5 rings (SSSR count). The van der Waals surface area contributed by atoms with Gasteiger partial charge in [-0.3, -0.25) is 9.48 Å². The van der Waals surface area contributed by atoms with Crippen molar-refractivity contribution in [1.29, 1.82) is 0 Å². The van der Waals surface area contributed by atoms with E-state index in [0.29, 0.717) is 37.7 Å². The van der Waals surface area contributed by atoms with Gasteiger partial charge in [-0.15, -0.1) is 0 Å². The molecule has 2 aromatic heterocycles. The summed E-state index contributed by atoms with van der Waals surface area (Å²) < 4.78 is 36.8. The van der Waals surface area contributed by atoms with Gasteiger partial charge in [0.15, 0.2) is 0 Å². The summed E-state index contributed by atoms with van der Waals surface area (Å²) in [6, 6.07) is 6.36. The average molecular weight is 529 g/mol. The first kappa shape index (κ1) is 25.9. The molecule has 1 aliphatic heterocycles. The number of carbonyl (C=O) groups is 1. The number of carbonyl (C=O) groups excluding carboxylic acids is 1. The lowest BCUT2D eigenvalue weighted by Crippen LogP contribution is -2.53. The summed E-state index contributed by atoms with van der Waals surface area (Å²) in [5, 5.41) is 5.52. The van der Waals surface area contributed by atoms with Crippen molar-refractivity contribution >= 4 is 26.8 Å². The average Bonchev–Trinajstić information content (AvgIpc) is 3.47. The van der Waals surface area contributed by atoms with Crippen LogP contribution in [0.4, 0.5) is 0 Å². The summed E-state index contributed by atoms with van der Waals surface area (Å²) in [7, 11) is 0.418. The molecule has 1 aliphatic carbocycles. The number of piperidine rings is 1. The third kappa shape index (κ3) is 6.05. The zero-order valence-corrected chi connectivity index (χ0v) is 22.5. The Morgan fingerprint density at radius 2 is 1.95 bits per heavy atom. The third-order valence-electron chi connectivity index (χ3n) is 7.77. The maximum Gasteiger partial charge on any atom is 0.274 e. The van der Waals surface area contributed by atoms with E-state index in [1.54, 1.807) is 22.0 Å². The molecule has 0 bridgehead atoms. The van der Waals surface area contributed by atoms with E-state index >= 15 is 0 Å². The van der Waals surface area contributed by atoms with Crippen molar-refractivity contribution in [1.82, 2.24) is 29.0 Å². The molecule has 1 saturated carbocycles. The molecule has 3 heterocycles. The summed E-state index contributed by atoms with van der Waals surface area (Å²) in [5.41, 5.74) is 2.90. The number of amides is 1. The Morgan fingerprint density at radius 3 is 2.65 bits per heavy atom. The van der Waals surface area contributed by atoms with Gasteiger partial charge < -0.3 is 14.2 Å². The third-order valence-corrected chi connectivity index (χ3v) is 8.50. The van der Waals surface area contributed by atoms with Gasteiger partial charge in [-0.05, 0) is 55.7 Å². The van der Waals surface area contributed by atoms with Crippen molar-refractivity contribution in [2.24, 2.45) is 20.0 Å². The maximum absolute atomic E-state index is 13.0. The second kappa shape index (κ2) is 10.5. The highest BCUT2D eigenvalue weighted by molar-refractivity contribution is 7.88. The normalized spacial score (nSPS) is 25.0. The summed E-state index contributed by atoms with van der Waals surface area (Å²) in [4.78, 5) is 18.9. The number of hydrogen-bond acceptors (Lipinski definition) is 6. The molecule has 2 atom stereocenters. The molecule has 0 unspecified atom stereocenters. The first-order valence-corrected chi connectivity index (χ1v) is 14.8. The number of fused-ring (bicyclic) bond motifs is 1. The number of benzene rings is 1. The minimum Gasteiger partial charge on any atom is -0.378 e. The van der Waals surface area contributed by atoms with Gasteiger partial charge in [-0.1, -0.05) is 6.07 Å². The Kier molecular flexibility index (Phi) is 7.37. The summed E-state index contributed by atoms with van der Waals surface area (Å²) in [6.45, 7) is 1.32. The van der Waals surface area contributed by atoms with Crippen LogP contribution in [-0.4, -0.2) is 76.7 Å². The standard InChI is InChI=1S/C26H36N6O4S/c1-30-15-24(27-17-30)26(33)32-11-10-23(29-37(3,34)35)21(14-32)16-36-22-7-4-18(5-8-22)19-6-9-25-20(12-19)13-28-31(25)2/h6,9,12-13,15,17-18,21-23,29H,4-5,7-8,10-11,14,16H2,1-3H3/t18?,21-,22?,23-/m0/s1. The molecule has 0 spiro atoms. The lowest BCUT2D eigenvalue weighted by molar-refractivity contribution is -0.0150. The number of hydrogen-bond donors (Lipinski definition) is 1. The number of likely N-dealkylation sites (tertiary alicyclic amines) is 1. The maximum atomic E-state index is 13.0. The van der Waals surface area contributed by atoms with Crippen LogP contribution >= 0.6 is 0 Å². The van der Waals surface area contributed by atoms with Gasteiger partial charge >= 0.3 is 0 Å². The molecule has 3 aromatic rings. The fourth-order valence-corrected chi connectivity index (χ4v) is 6.62. The van der Waals surface area contributed by atoms with E-state index in [0.717, 1.165) is 31.2 Å². The summed E-state index contributed by atoms with van der Waals surface area (Å²) >= 11 is 0. The molecule has 0 radical (unpaired) electrons. The van der Waals surface area contributed by atoms with Crippen LogP contribution in [-0.2, 0) is 28.9 Å². The lowest BCUT2D eigenvalue weighted by Gasteiger charge is -2.39. The van der Waals surface area contributed by atoms with E-state index in [9.17, 15) is 13.2 Å². The smallest absolute Gasteiger partial charge is 0.274 e. The van der Waals surface area contributed by atoms with Crippen LogP contribution in [0.25, 0.3) is 10.9 Å². The van der Waals surface area contributed by atoms with E-state index in [1.165, 1.54) is 17.2 Å². The predicted octanol–water partition coefficient (Wildman–Crippen LogP) is 2.43. The van der Waals surface area contributed by atoms with Crippen molar-refractivity contribution in [3.8, 4) is 0 Å². The number of sulfonamides is 1. The van der Waals surface area contributed by atoms with Crippen molar-refractivity contribution in [3.63, 3.8) is 0 Å². The highest BCUT2D eigenvalue weighted by Crippen LogP contribution is 2.35. The number of rotatable bonds is 7. The Hall–Kier alpha value is -2.76. The fraction of sp³-hybridized carbons (Fsp3) is 0.577. The fourth-order valence-electron chi connectivity index (χ4n) is 5.76. The van der Waals surface area contributed by atoms with Gasteiger partial charge in [0.1, 0.15) is 5.69 Å². The molecular weight excluding hydrogens is 492 g/mol. The van der Waals surface area contributed by atoms with Gasteiger partial charge in [0.05, 0.1) is 37.0 Å². The zero-order chi connectivity index (χ0) is 26.2. The Balaban J connectivity index is 1.19. The van der Waals surface area contributed by atoms with Gasteiger partial charge in [-0.25, -0.2) is 18.1 Å². The van der Waals surface area contributed by atoms with Crippen molar-refractivity contribution in [2.45, 2.75) is 50.2 Å². The van der Waals surface area contributed by atoms with E-state index in [4.69, 9.17) is 4.74 Å². The quantitative estimate of drug-likeness (QED) is 0.504. The molecule has 2 fully saturated rings. The van der Waals surface area contributed by atoms with Gasteiger partial charge in [0.25, 0.3) is 5.91 Å². The van der Waals surface area contributed by atoms with Crippen LogP contribution in [0.2, 0.25) is 0 Å². The molecule has 200 valence electrons. The predicted molar refractivity (Wildman–Crippen MR) is 141 cm³/mol. The first-order valence-electron chi connectivity index (χ1n) is 12.9. The molecule has 2 aliphatic rings. The lowest BCUT2D eigenvalue weighted by atomic mass is 9.82. The Labute approximate surface area is 218 Å². The molecule has 1 N–H and O–H groups in total. The van der Waals surface area contributed by atoms with Crippen LogP contribution < -0.4 is 4.72 Å². The highest BCUT2D eigenvalue weighted by atomic mass is 32.2. The summed E-state index contributed by atoms with van der Waals surface area (Å²) in [6.07, 6.45) is 11.1. The number of ether oxygens (including phenoxy) is 1. The number of aromatic nitrogens is 4. The van der Waals surface area contributed by atoms with E-state index in [2.05, 4.69) is 33.0 Å². The van der Waals surface area contributed by atoms with E-state index < -0.39 is 10.0 Å². The Morgan fingerprint density at radius 1 is 1.16 bits per heavy atom. The number of aryl methyl sites for hydroxylation is 2. The van der Waals surface area contributed by atoms with E-state index in [-0.39, 0.29) is 24.0 Å². The zero-order valence-electron chi connectivity index (χ0n) is 21.7. The van der Waals surface area contributed by atoms with Crippen molar-refractivity contribution < 1.29 is 17.9 Å². The minimum atomic E-state index is -3.37. The molecule has 11 heteroatoms. The molecular formula is C26H36N6O4S. The molecule has 1 amide bonds. The monoisotopic (exact) mass is 528 g/mol. The van der Waals surface area contributed by atoms with Crippen LogP contribution in [0.1, 0.15) is 54.1 Å². The number of nitrogens with zero attached hydrogens (tertiary/aromatic N) is 5. The van der Waals surface area contributed by atoms with Gasteiger partial charge in [-0.2, -0.15) is 5.10 Å². The van der Waals surface area contributed by atoms with Gasteiger partial charge in [0, 0.05) is 50.7 Å². The van der Waals surface area contributed by atoms with E-state index in [1.807, 2.05) is 25.0 Å². The Bertz CT molecular complexity index is 1360. The second-order valence-corrected chi connectivity index (χ2v) is 12.4. The van der Waals surface area contributed by atoms with Crippen LogP contribution in [0.3, 0.4) is 0 Å². The van der Waals surface area contributed by atoms with Crippen LogP contribution in [0.5, 0.6) is 0 Å². The van der Waals surface area contributed by atoms with Crippen LogP contribution in [0.15, 0.2) is 36.9 Å².